The number of pyridine rings is 1. The minimum atomic E-state index is -0.238. The molecule has 2 aromatic rings. The smallest absolute Gasteiger partial charge is 0.131 e. The number of aromatic nitrogens is 1. The first-order chi connectivity index (χ1) is 6.72. The number of halogens is 1. The monoisotopic (exact) mass is 190 g/mol. The largest absolute Gasteiger partial charge is 0.383 e. The Hall–Kier alpha value is -1.64. The van der Waals surface area contributed by atoms with Gasteiger partial charge in [-0.15, -0.1) is 0 Å². The van der Waals surface area contributed by atoms with Crippen LogP contribution in [0.5, 0.6) is 0 Å². The van der Waals surface area contributed by atoms with E-state index in [0.29, 0.717) is 5.82 Å². The third-order valence-electron chi connectivity index (χ3n) is 2.34. The van der Waals surface area contributed by atoms with Crippen LogP contribution in [0.3, 0.4) is 0 Å². The molecule has 14 heavy (non-hydrogen) atoms. The van der Waals surface area contributed by atoms with Crippen molar-refractivity contribution in [2.75, 3.05) is 5.73 Å². The highest BCUT2D eigenvalue weighted by Crippen LogP contribution is 2.23. The second-order valence-corrected chi connectivity index (χ2v) is 3.21. The third-order valence-corrected chi connectivity index (χ3v) is 2.34. The predicted octanol–water partition coefficient (Wildman–Crippen LogP) is 2.52. The maximum absolute atomic E-state index is 13.0. The molecule has 1 heterocycles. The summed E-state index contributed by atoms with van der Waals surface area (Å²) in [6.07, 6.45) is 2.53. The molecule has 0 bridgehead atoms. The number of nitrogens with zero attached hydrogens (tertiary/aromatic N) is 1. The molecule has 0 unspecified atom stereocenters. The Kier molecular flexibility index (Phi) is 2.08. The van der Waals surface area contributed by atoms with Gasteiger partial charge in [-0.3, -0.25) is 0 Å². The molecule has 0 aliphatic carbocycles. The summed E-state index contributed by atoms with van der Waals surface area (Å²) in [6, 6.07) is 4.58. The molecule has 0 radical (unpaired) electrons. The van der Waals surface area contributed by atoms with E-state index >= 15 is 0 Å². The van der Waals surface area contributed by atoms with Crippen LogP contribution in [-0.2, 0) is 6.42 Å². The second kappa shape index (κ2) is 3.25. The molecule has 2 nitrogen and oxygen atoms in total. The van der Waals surface area contributed by atoms with Crippen molar-refractivity contribution < 1.29 is 4.39 Å². The third kappa shape index (κ3) is 1.31. The highest BCUT2D eigenvalue weighted by Gasteiger charge is 2.04. The maximum Gasteiger partial charge on any atom is 0.131 e. The van der Waals surface area contributed by atoms with Crippen LogP contribution in [0.15, 0.2) is 24.4 Å². The zero-order valence-electron chi connectivity index (χ0n) is 7.92. The number of anilines is 1. The number of fused-ring (bicyclic) bond motifs is 1. The minimum Gasteiger partial charge on any atom is -0.383 e. The van der Waals surface area contributed by atoms with Gasteiger partial charge < -0.3 is 5.73 Å². The zero-order valence-corrected chi connectivity index (χ0v) is 7.92. The van der Waals surface area contributed by atoms with Crippen LogP contribution in [0.2, 0.25) is 0 Å². The number of hydrogen-bond donors (Lipinski definition) is 1. The van der Waals surface area contributed by atoms with Crippen LogP contribution in [0.4, 0.5) is 10.2 Å². The first-order valence-electron chi connectivity index (χ1n) is 4.55. The number of rotatable bonds is 1. The van der Waals surface area contributed by atoms with Gasteiger partial charge in [-0.05, 0) is 35.6 Å². The second-order valence-electron chi connectivity index (χ2n) is 3.21. The Morgan fingerprint density at radius 2 is 2.14 bits per heavy atom. The van der Waals surface area contributed by atoms with E-state index in [4.69, 9.17) is 5.73 Å². The number of nitrogens with two attached hydrogens (primary N) is 1. The summed E-state index contributed by atoms with van der Waals surface area (Å²) in [4.78, 5) is 4.06. The van der Waals surface area contributed by atoms with Gasteiger partial charge >= 0.3 is 0 Å². The molecule has 0 aliphatic rings. The maximum atomic E-state index is 13.0. The summed E-state index contributed by atoms with van der Waals surface area (Å²) in [5, 5.41) is 1.69. The minimum absolute atomic E-state index is 0.238. The van der Waals surface area contributed by atoms with Crippen molar-refractivity contribution >= 4 is 16.6 Å². The lowest BCUT2D eigenvalue weighted by Gasteiger charge is -2.05. The molecule has 0 atom stereocenters. The van der Waals surface area contributed by atoms with Gasteiger partial charge in [0.1, 0.15) is 11.6 Å². The molecule has 2 N–H and O–H groups in total. The van der Waals surface area contributed by atoms with Gasteiger partial charge in [-0.25, -0.2) is 9.37 Å². The summed E-state index contributed by atoms with van der Waals surface area (Å²) < 4.78 is 13.0. The molecule has 2 rings (SSSR count). The van der Waals surface area contributed by atoms with Gasteiger partial charge in [0.2, 0.25) is 0 Å². The summed E-state index contributed by atoms with van der Waals surface area (Å²) in [7, 11) is 0. The van der Waals surface area contributed by atoms with Crippen molar-refractivity contribution in [2.45, 2.75) is 13.3 Å². The van der Waals surface area contributed by atoms with Gasteiger partial charge in [0.25, 0.3) is 0 Å². The predicted molar refractivity (Wildman–Crippen MR) is 55.5 cm³/mol. The van der Waals surface area contributed by atoms with E-state index in [1.807, 2.05) is 6.92 Å². The number of hydrogen-bond acceptors (Lipinski definition) is 2. The zero-order chi connectivity index (χ0) is 10.1. The highest BCUT2D eigenvalue weighted by molar-refractivity contribution is 5.93. The lowest BCUT2D eigenvalue weighted by atomic mass is 10.1. The molecule has 0 amide bonds. The van der Waals surface area contributed by atoms with Crippen molar-refractivity contribution in [1.82, 2.24) is 4.98 Å². The van der Waals surface area contributed by atoms with Gasteiger partial charge in [0.05, 0.1) is 0 Å². The van der Waals surface area contributed by atoms with Crippen LogP contribution in [0, 0.1) is 5.82 Å². The Bertz CT molecular complexity index is 480. The summed E-state index contributed by atoms with van der Waals surface area (Å²) in [6.45, 7) is 2.01. The Morgan fingerprint density at radius 3 is 2.86 bits per heavy atom. The van der Waals surface area contributed by atoms with Crippen molar-refractivity contribution in [3.05, 3.63) is 35.8 Å². The van der Waals surface area contributed by atoms with E-state index in [9.17, 15) is 4.39 Å². The lowest BCUT2D eigenvalue weighted by Crippen LogP contribution is -1.95. The van der Waals surface area contributed by atoms with Gasteiger partial charge in [0, 0.05) is 11.6 Å². The van der Waals surface area contributed by atoms with Crippen LogP contribution in [0.1, 0.15) is 12.5 Å². The Balaban J connectivity index is 2.85. The fraction of sp³-hybridized carbons (Fsp3) is 0.182. The fourth-order valence-electron chi connectivity index (χ4n) is 1.57. The Labute approximate surface area is 81.6 Å². The topological polar surface area (TPSA) is 38.9 Å². The molecule has 3 heteroatoms. The van der Waals surface area contributed by atoms with Gasteiger partial charge in [-0.1, -0.05) is 6.92 Å². The molecule has 0 aliphatic heterocycles. The normalized spacial score (nSPS) is 10.7. The van der Waals surface area contributed by atoms with Crippen molar-refractivity contribution in [3.63, 3.8) is 0 Å². The molecule has 0 saturated heterocycles. The van der Waals surface area contributed by atoms with Crippen LogP contribution in [0.25, 0.3) is 10.8 Å². The standard InChI is InChI=1S/C11H11FN2/c1-2-7-6-14-11(13)9-4-3-8(12)5-10(7)9/h3-6H,2H2,1H3,(H2,13,14). The highest BCUT2D eigenvalue weighted by atomic mass is 19.1. The van der Waals surface area contributed by atoms with E-state index in [1.165, 1.54) is 12.1 Å². The van der Waals surface area contributed by atoms with E-state index < -0.39 is 0 Å². The average molecular weight is 190 g/mol. The van der Waals surface area contributed by atoms with Crippen molar-refractivity contribution in [3.8, 4) is 0 Å². The quantitative estimate of drug-likeness (QED) is 0.750. The molecule has 1 aromatic carbocycles. The van der Waals surface area contributed by atoms with Gasteiger partial charge in [0.15, 0.2) is 0 Å². The summed E-state index contributed by atoms with van der Waals surface area (Å²) in [5.74, 6) is 0.218. The average Bonchev–Trinajstić information content (AvgIpc) is 2.18. The molecular formula is C11H11FN2. The first-order valence-corrected chi connectivity index (χ1v) is 4.55. The van der Waals surface area contributed by atoms with E-state index in [0.717, 1.165) is 22.8 Å². The van der Waals surface area contributed by atoms with Crippen molar-refractivity contribution in [2.24, 2.45) is 0 Å². The molecule has 0 spiro atoms. The molecule has 1 aromatic heterocycles. The Morgan fingerprint density at radius 1 is 1.36 bits per heavy atom. The van der Waals surface area contributed by atoms with Crippen LogP contribution < -0.4 is 5.73 Å². The van der Waals surface area contributed by atoms with Crippen molar-refractivity contribution in [1.29, 1.82) is 0 Å². The first kappa shape index (κ1) is 8.94. The molecule has 72 valence electrons. The van der Waals surface area contributed by atoms with Crippen LogP contribution >= 0.6 is 0 Å². The lowest BCUT2D eigenvalue weighted by molar-refractivity contribution is 0.629. The molecular weight excluding hydrogens is 179 g/mol. The fourth-order valence-corrected chi connectivity index (χ4v) is 1.57. The van der Waals surface area contributed by atoms with E-state index in [-0.39, 0.29) is 5.82 Å². The van der Waals surface area contributed by atoms with E-state index in [1.54, 1.807) is 12.3 Å². The number of benzene rings is 1. The molecule has 0 fully saturated rings. The number of nitrogen functional groups attached to an aromatic ring is 1. The summed E-state index contributed by atoms with van der Waals surface area (Å²) in [5.41, 5.74) is 6.72. The number of aryl methyl sites for hydroxylation is 1. The summed E-state index contributed by atoms with van der Waals surface area (Å²) >= 11 is 0. The van der Waals surface area contributed by atoms with Gasteiger partial charge in [-0.2, -0.15) is 0 Å². The molecule has 0 saturated carbocycles. The van der Waals surface area contributed by atoms with E-state index in [2.05, 4.69) is 4.98 Å². The van der Waals surface area contributed by atoms with Crippen LogP contribution in [-0.4, -0.2) is 4.98 Å². The SMILES string of the molecule is CCc1cnc(N)c2ccc(F)cc12.